The van der Waals surface area contributed by atoms with Crippen molar-refractivity contribution >= 4 is 11.9 Å². The van der Waals surface area contributed by atoms with Crippen molar-refractivity contribution in [2.45, 2.75) is 315 Å². The van der Waals surface area contributed by atoms with Crippen molar-refractivity contribution in [3.63, 3.8) is 0 Å². The first-order valence-corrected chi connectivity index (χ1v) is 39.3. The van der Waals surface area contributed by atoms with E-state index in [0.29, 0.717) is 47.3 Å². The fourth-order valence-corrected chi connectivity index (χ4v) is 24.8. The Balaban J connectivity index is 0.000000195. The highest BCUT2D eigenvalue weighted by atomic mass is 17.1. The summed E-state index contributed by atoms with van der Waals surface area (Å²) in [5.74, 6) is 4.23. The molecule has 10 heteroatoms. The Labute approximate surface area is 581 Å². The van der Waals surface area contributed by atoms with Crippen LogP contribution >= 0.6 is 0 Å². The van der Waals surface area contributed by atoms with Gasteiger partial charge >= 0.3 is 11.9 Å². The number of aliphatic hydroxyl groups excluding tert-OH is 2. The molecule has 4 saturated carbocycles. The van der Waals surface area contributed by atoms with Crippen molar-refractivity contribution < 1.29 is 49.6 Å². The van der Waals surface area contributed by atoms with Crippen LogP contribution in [0.1, 0.15) is 291 Å². The number of fused-ring (bicyclic) bond motifs is 10. The normalized spacial score (nSPS) is 39.3. The van der Waals surface area contributed by atoms with E-state index < -0.39 is 35.2 Å². The Morgan fingerprint density at radius 3 is 1.27 bits per heavy atom. The summed E-state index contributed by atoms with van der Waals surface area (Å²) >= 11 is 0. The molecule has 18 unspecified atom stereocenters. The first-order chi connectivity index (χ1) is 45.3. The van der Waals surface area contributed by atoms with Gasteiger partial charge < -0.3 is 19.7 Å². The predicted molar refractivity (Wildman–Crippen MR) is 386 cm³/mol. The van der Waals surface area contributed by atoms with E-state index in [1.165, 1.54) is 42.4 Å². The van der Waals surface area contributed by atoms with E-state index in [9.17, 15) is 30.3 Å². The van der Waals surface area contributed by atoms with Gasteiger partial charge in [-0.05, 0) is 258 Å². The molecule has 12 aliphatic carbocycles. The van der Waals surface area contributed by atoms with Gasteiger partial charge in [-0.2, -0.15) is 0 Å². The smallest absolute Gasteiger partial charge is 0.312 e. The molecule has 0 radical (unpaired) electrons. The molecule has 0 aliphatic heterocycles. The molecule has 0 aromatic rings. The highest BCUT2D eigenvalue weighted by Crippen LogP contribution is 2.68. The summed E-state index contributed by atoms with van der Waals surface area (Å²) < 4.78 is 12.1. The molecule has 0 spiro atoms. The van der Waals surface area contributed by atoms with Gasteiger partial charge in [-0.1, -0.05) is 193 Å². The minimum atomic E-state index is -0.897. The zero-order chi connectivity index (χ0) is 69.3. The number of aliphatic hydroxyl groups is 2. The second-order valence-corrected chi connectivity index (χ2v) is 37.1. The summed E-state index contributed by atoms with van der Waals surface area (Å²) in [5.41, 5.74) is 14.2. The Kier molecular flexibility index (Phi) is 21.9. The topological polar surface area (TPSA) is 152 Å². The van der Waals surface area contributed by atoms with Gasteiger partial charge in [0.15, 0.2) is 0 Å². The number of hydrogen-bond acceptors (Lipinski definition) is 10. The predicted octanol–water partition coefficient (Wildman–Crippen LogP) is 21.1. The fraction of sp³-hybridized carbons (Fsp3) is 0.791. The molecule has 0 aromatic carbocycles. The Morgan fingerprint density at radius 1 is 0.438 bits per heavy atom. The van der Waals surface area contributed by atoms with Crippen LogP contribution in [0.2, 0.25) is 0 Å². The zero-order valence-electron chi connectivity index (χ0n) is 63.0. The van der Waals surface area contributed by atoms with Crippen molar-refractivity contribution in [2.24, 2.45) is 102 Å². The molecule has 12 aliphatic rings. The van der Waals surface area contributed by atoms with Crippen LogP contribution in [0.5, 0.6) is 0 Å². The van der Waals surface area contributed by atoms with Gasteiger partial charge in [-0.25, -0.2) is 9.78 Å². The van der Waals surface area contributed by atoms with E-state index >= 15 is 0 Å². The molecule has 12 rings (SSSR count). The van der Waals surface area contributed by atoms with Crippen LogP contribution in [0, 0.1) is 102 Å². The molecule has 0 bridgehead atoms. The Hall–Kier alpha value is -3.38. The number of esters is 2. The molecule has 0 aromatic heterocycles. The SMILES string of the molecule is CC(C)C1=CC2=C(CC1)C1(C)CCCC(C)(C(=O)OCC(O)CC(OO)C3(C)CCCC4(C)C5=C(C=C(C(C)C)CC5)CCC43)C1CC2.CC(C)C1=CC2=CCC3C(C)(C(=O)OCC(O)CC(OO)C4(C)CCCC5(C)C6CCC(C(C)C)=CC6=CCC45)CCCC3(C)C2CC1. The molecular weight excluding hydrogens is 1190 g/mol. The van der Waals surface area contributed by atoms with Crippen LogP contribution in [0.4, 0.5) is 0 Å². The van der Waals surface area contributed by atoms with Crippen molar-refractivity contribution in [1.82, 2.24) is 0 Å². The molecule has 0 amide bonds. The van der Waals surface area contributed by atoms with E-state index in [1.54, 1.807) is 39.0 Å². The molecule has 536 valence electrons. The highest BCUT2D eigenvalue weighted by Gasteiger charge is 2.62. The summed E-state index contributed by atoms with van der Waals surface area (Å²) in [5, 5.41) is 43.5. The molecule has 10 nitrogen and oxygen atoms in total. The minimum absolute atomic E-state index is 0.0229. The third kappa shape index (κ3) is 13.2. The lowest BCUT2D eigenvalue weighted by atomic mass is 9.45. The van der Waals surface area contributed by atoms with Crippen molar-refractivity contribution in [3.05, 3.63) is 92.2 Å². The molecule has 0 heterocycles. The summed E-state index contributed by atoms with van der Waals surface area (Å²) in [6.45, 7) is 36.9. The maximum absolute atomic E-state index is 14.0. The van der Waals surface area contributed by atoms with E-state index in [2.05, 4.69) is 147 Å². The van der Waals surface area contributed by atoms with E-state index in [0.717, 1.165) is 141 Å². The third-order valence-corrected chi connectivity index (χ3v) is 30.6. The van der Waals surface area contributed by atoms with Crippen LogP contribution in [-0.4, -0.2) is 70.3 Å². The quantitative estimate of drug-likeness (QED) is 0.0593. The number of hydrogen-bond donors (Lipinski definition) is 4. The molecule has 4 fully saturated rings. The molecular formula is C86H132O10. The van der Waals surface area contributed by atoms with Crippen LogP contribution in [0.3, 0.4) is 0 Å². The summed E-state index contributed by atoms with van der Waals surface area (Å²) in [4.78, 5) is 38.6. The van der Waals surface area contributed by atoms with Gasteiger partial charge in [0.2, 0.25) is 0 Å². The number of ether oxygens (including phenoxy) is 2. The maximum Gasteiger partial charge on any atom is 0.312 e. The average molecular weight is 1330 g/mol. The second-order valence-electron chi connectivity index (χ2n) is 37.1. The van der Waals surface area contributed by atoms with Gasteiger partial charge in [0.1, 0.15) is 25.4 Å². The first-order valence-electron chi connectivity index (χ1n) is 39.3. The summed E-state index contributed by atoms with van der Waals surface area (Å²) in [7, 11) is 0. The molecule has 18 atom stereocenters. The van der Waals surface area contributed by atoms with E-state index in [1.807, 2.05) is 0 Å². The number of carbonyl (C=O) groups excluding carboxylic acids is 2. The fourth-order valence-electron chi connectivity index (χ4n) is 24.8. The largest absolute Gasteiger partial charge is 0.463 e. The Bertz CT molecular complexity index is 3090. The van der Waals surface area contributed by atoms with E-state index in [-0.39, 0.29) is 82.3 Å². The van der Waals surface area contributed by atoms with Crippen molar-refractivity contribution in [3.8, 4) is 0 Å². The van der Waals surface area contributed by atoms with Gasteiger partial charge in [0, 0.05) is 23.7 Å². The van der Waals surface area contributed by atoms with Gasteiger partial charge in [0.25, 0.3) is 0 Å². The van der Waals surface area contributed by atoms with Crippen molar-refractivity contribution in [1.29, 1.82) is 0 Å². The average Bonchev–Trinajstić information content (AvgIpc) is 0.747. The maximum atomic E-state index is 14.0. The third-order valence-electron chi connectivity index (χ3n) is 30.6. The lowest BCUT2D eigenvalue weighted by Gasteiger charge is -2.60. The lowest BCUT2D eigenvalue weighted by molar-refractivity contribution is -0.322. The van der Waals surface area contributed by atoms with Gasteiger partial charge in [-0.3, -0.25) is 20.1 Å². The monoisotopic (exact) mass is 1320 g/mol. The van der Waals surface area contributed by atoms with Crippen LogP contribution in [0.15, 0.2) is 92.2 Å². The summed E-state index contributed by atoms with van der Waals surface area (Å²) in [6.07, 6.45) is 40.2. The molecule has 0 saturated heterocycles. The van der Waals surface area contributed by atoms with Gasteiger partial charge in [0.05, 0.1) is 23.0 Å². The van der Waals surface area contributed by atoms with Crippen LogP contribution in [0.25, 0.3) is 0 Å². The molecule has 4 N–H and O–H groups in total. The van der Waals surface area contributed by atoms with Gasteiger partial charge in [-0.15, -0.1) is 0 Å². The van der Waals surface area contributed by atoms with Crippen LogP contribution in [-0.2, 0) is 28.8 Å². The second kappa shape index (κ2) is 28.5. The Morgan fingerprint density at radius 2 is 0.812 bits per heavy atom. The molecule has 96 heavy (non-hydrogen) atoms. The number of allylic oxidation sites excluding steroid dienone is 16. The zero-order valence-corrected chi connectivity index (χ0v) is 63.0. The van der Waals surface area contributed by atoms with Crippen molar-refractivity contribution in [2.75, 3.05) is 13.2 Å². The number of carbonyl (C=O) groups is 2. The number of rotatable bonds is 18. The highest BCUT2D eigenvalue weighted by molar-refractivity contribution is 5.78. The lowest BCUT2D eigenvalue weighted by Crippen LogP contribution is -2.55. The van der Waals surface area contributed by atoms with E-state index in [4.69, 9.17) is 19.2 Å². The first kappa shape index (κ1) is 73.8. The summed E-state index contributed by atoms with van der Waals surface area (Å²) in [6, 6.07) is 0. The minimum Gasteiger partial charge on any atom is -0.463 e. The van der Waals surface area contributed by atoms with Crippen LogP contribution < -0.4 is 0 Å². The standard InChI is InChI=1S/2C43H66O5/c2*1-27(2)29-11-15-34-31(23-29)13-17-36-40(34,5)19-9-21-42(36,7)38(48-46)25-33(44)26-47-39(45)43(8)22-10-20-41(6)35-16-12-30(28(3)4)24-32(35)14-18-37(41)43/h23-24,27-28,33,36-38,44,46H,9-22,25-26H2,1-8H3;13-14,23-24,27-28,33-38,44,46H,9-12,15-22,25-26H2,1-8H3.